The number of hydrogen-bond acceptors (Lipinski definition) is 2. The van der Waals surface area contributed by atoms with Crippen molar-refractivity contribution in [2.75, 3.05) is 0 Å². The molecule has 0 spiro atoms. The number of rotatable bonds is 8. The smallest absolute Gasteiger partial charge is 1.00 e. The first-order valence-electron chi connectivity index (χ1n) is 11.3. The second kappa shape index (κ2) is 11.5. The summed E-state index contributed by atoms with van der Waals surface area (Å²) in [5.41, 5.74) is 6.61. The van der Waals surface area contributed by atoms with Gasteiger partial charge in [0.05, 0.1) is 0 Å². The van der Waals surface area contributed by atoms with E-state index in [-0.39, 0.29) is 24.8 Å². The number of hydrogen-bond donors (Lipinski definition) is 0. The number of halogens is 2. The second-order valence-electron chi connectivity index (χ2n) is 11.0. The number of allylic oxidation sites excluding steroid dienone is 6. The molecule has 0 N–H and O–H groups in total. The van der Waals surface area contributed by atoms with Crippen LogP contribution in [-0.4, -0.2) is 28.8 Å². The van der Waals surface area contributed by atoms with Gasteiger partial charge in [0.2, 0.25) is 0 Å². The van der Waals surface area contributed by atoms with Crippen LogP contribution in [0.4, 0.5) is 0 Å². The van der Waals surface area contributed by atoms with E-state index in [0.29, 0.717) is 18.1 Å². The van der Waals surface area contributed by atoms with Crippen LogP contribution in [0.2, 0.25) is 39.3 Å². The Morgan fingerprint density at radius 2 is 1.16 bits per heavy atom. The third-order valence-electron chi connectivity index (χ3n) is 5.81. The molecule has 31 heavy (non-hydrogen) atoms. The van der Waals surface area contributed by atoms with Gasteiger partial charge < -0.3 is 24.8 Å². The van der Waals surface area contributed by atoms with E-state index in [1.165, 1.54) is 12.8 Å². The summed E-state index contributed by atoms with van der Waals surface area (Å²) in [6.45, 7) is 20.8. The Morgan fingerprint density at radius 1 is 0.806 bits per heavy atom. The Hall–Kier alpha value is 0.777. The van der Waals surface area contributed by atoms with Crippen molar-refractivity contribution in [3.05, 3.63) is 41.0 Å². The molecule has 2 atom stereocenters. The van der Waals surface area contributed by atoms with E-state index < -0.39 is 39.9 Å². The molecular weight excluding hydrogens is 539 g/mol. The first-order valence-corrected chi connectivity index (χ1v) is 20.6. The SMILES string of the molecule is CC(CC1=[C]2CC=C1C(C)C1=CC[C](=C1CC(C)O[Si](C)(C)C)[Zr+2]2)O[Si](C)(C)C.[Cl-].[Cl-]. The Balaban J connectivity index is 0.00000240. The van der Waals surface area contributed by atoms with Crippen LogP contribution < -0.4 is 24.8 Å². The van der Waals surface area contributed by atoms with Crippen LogP contribution in [0.3, 0.4) is 0 Å². The van der Waals surface area contributed by atoms with Crippen LogP contribution in [0.25, 0.3) is 0 Å². The predicted octanol–water partition coefficient (Wildman–Crippen LogP) is 1.16. The molecule has 0 amide bonds. The van der Waals surface area contributed by atoms with Gasteiger partial charge in [-0.15, -0.1) is 0 Å². The standard InChI is InChI=1S/C24H40O2Si2.2ClH.Zr/c1-18(25-27(4,5)6)16-21-12-10-14-23(21)20(3)24-15-11-13-22(24)17-19(2)26-28(7,8)9;;;/h14-15,18-20H,10-11,16-17H2,1-9H3;2*1H;/q;;;+2/p-2. The molecule has 3 rings (SSSR count). The topological polar surface area (TPSA) is 18.5 Å². The van der Waals surface area contributed by atoms with Gasteiger partial charge in [-0.25, -0.2) is 0 Å². The van der Waals surface area contributed by atoms with Crippen molar-refractivity contribution in [2.24, 2.45) is 5.92 Å². The van der Waals surface area contributed by atoms with Crippen molar-refractivity contribution in [3.8, 4) is 0 Å². The zero-order chi connectivity index (χ0) is 21.6. The number of fused-ring (bicyclic) bond motifs is 2. The summed E-state index contributed by atoms with van der Waals surface area (Å²) >= 11 is -0.695. The summed E-state index contributed by atoms with van der Waals surface area (Å²) < 4.78 is 16.5. The van der Waals surface area contributed by atoms with Crippen LogP contribution in [0, 0.1) is 5.92 Å². The van der Waals surface area contributed by atoms with E-state index in [9.17, 15) is 0 Å². The molecule has 0 aromatic heterocycles. The van der Waals surface area contributed by atoms with Gasteiger partial charge in [0.1, 0.15) is 0 Å². The van der Waals surface area contributed by atoms with Gasteiger partial charge in [-0.3, -0.25) is 0 Å². The zero-order valence-electron chi connectivity index (χ0n) is 20.8. The molecule has 174 valence electrons. The van der Waals surface area contributed by atoms with E-state index in [0.717, 1.165) is 12.8 Å². The first kappa shape index (κ1) is 29.8. The van der Waals surface area contributed by atoms with Gasteiger partial charge in [0, 0.05) is 0 Å². The van der Waals surface area contributed by atoms with Gasteiger partial charge in [0.15, 0.2) is 0 Å². The monoisotopic (exact) mass is 576 g/mol. The van der Waals surface area contributed by atoms with E-state index in [4.69, 9.17) is 8.85 Å². The summed E-state index contributed by atoms with van der Waals surface area (Å²) in [5.74, 6) is 0.521. The van der Waals surface area contributed by atoms with Crippen LogP contribution in [0.5, 0.6) is 0 Å². The van der Waals surface area contributed by atoms with Crippen LogP contribution >= 0.6 is 0 Å². The Bertz CT molecular complexity index is 724. The second-order valence-corrected chi connectivity index (χ2v) is 23.5. The fourth-order valence-corrected chi connectivity index (χ4v) is 11.5. The van der Waals surface area contributed by atoms with Crippen molar-refractivity contribution in [1.29, 1.82) is 0 Å². The molecule has 0 aromatic carbocycles. The minimum atomic E-state index is -1.49. The van der Waals surface area contributed by atoms with Crippen molar-refractivity contribution in [2.45, 2.75) is 97.9 Å². The van der Waals surface area contributed by atoms with Crippen molar-refractivity contribution >= 4 is 16.6 Å². The molecule has 4 bridgehead atoms. The molecule has 0 saturated heterocycles. The molecular formula is C24H40Cl2O2Si2Zr. The van der Waals surface area contributed by atoms with E-state index in [2.05, 4.69) is 72.2 Å². The third kappa shape index (κ3) is 7.91. The molecule has 0 aromatic rings. The molecule has 0 radical (unpaired) electrons. The predicted molar refractivity (Wildman–Crippen MR) is 126 cm³/mol. The van der Waals surface area contributed by atoms with E-state index >= 15 is 0 Å². The molecule has 3 aliphatic rings. The zero-order valence-corrected chi connectivity index (χ0v) is 26.8. The molecule has 1 aliphatic heterocycles. The van der Waals surface area contributed by atoms with Crippen LogP contribution in [0.15, 0.2) is 41.0 Å². The van der Waals surface area contributed by atoms with Crippen LogP contribution in [-0.2, 0) is 32.1 Å². The normalized spacial score (nSPS) is 22.3. The molecule has 2 aliphatic carbocycles. The van der Waals surface area contributed by atoms with Crippen molar-refractivity contribution in [1.82, 2.24) is 0 Å². The van der Waals surface area contributed by atoms with Gasteiger partial charge in [-0.2, -0.15) is 0 Å². The summed E-state index contributed by atoms with van der Waals surface area (Å²) in [6.07, 6.45) is 10.4. The van der Waals surface area contributed by atoms with Gasteiger partial charge in [0.25, 0.3) is 0 Å². The van der Waals surface area contributed by atoms with Crippen molar-refractivity contribution in [3.63, 3.8) is 0 Å². The molecule has 7 heteroatoms. The maximum Gasteiger partial charge on any atom is -1.00 e. The van der Waals surface area contributed by atoms with Gasteiger partial charge in [-0.05, 0) is 0 Å². The fraction of sp³-hybridized carbons (Fsp3) is 0.667. The molecule has 0 saturated carbocycles. The van der Waals surface area contributed by atoms with Crippen molar-refractivity contribution < 1.29 is 56.9 Å². The average molecular weight is 579 g/mol. The van der Waals surface area contributed by atoms with E-state index in [1.54, 1.807) is 22.3 Å². The Morgan fingerprint density at radius 3 is 1.48 bits per heavy atom. The molecule has 2 nitrogen and oxygen atoms in total. The molecule has 2 unspecified atom stereocenters. The minimum Gasteiger partial charge on any atom is -1.00 e. The Labute approximate surface area is 217 Å². The quantitative estimate of drug-likeness (QED) is 0.403. The summed E-state index contributed by atoms with van der Waals surface area (Å²) in [5, 5.41) is 0. The summed E-state index contributed by atoms with van der Waals surface area (Å²) in [4.78, 5) is 0. The van der Waals surface area contributed by atoms with Gasteiger partial charge in [-0.1, -0.05) is 0 Å². The maximum absolute atomic E-state index is 6.42. The van der Waals surface area contributed by atoms with Gasteiger partial charge >= 0.3 is 194 Å². The van der Waals surface area contributed by atoms with Crippen LogP contribution in [0.1, 0.15) is 46.5 Å². The largest absolute Gasteiger partial charge is 1.00 e. The first-order chi connectivity index (χ1) is 13.3. The molecule has 0 fully saturated rings. The average Bonchev–Trinajstić information content (AvgIpc) is 3.10. The Kier molecular flexibility index (Phi) is 11.0. The molecule has 1 heterocycles. The summed E-state index contributed by atoms with van der Waals surface area (Å²) in [6, 6.07) is 0. The maximum atomic E-state index is 6.42. The minimum absolute atomic E-state index is 0. The van der Waals surface area contributed by atoms with E-state index in [1.807, 2.05) is 6.56 Å². The fourth-order valence-electron chi connectivity index (χ4n) is 5.09. The third-order valence-corrected chi connectivity index (χ3v) is 12.0. The summed E-state index contributed by atoms with van der Waals surface area (Å²) in [7, 11) is -2.98.